The number of carbonyl (C=O) groups is 1. The van der Waals surface area contributed by atoms with E-state index in [9.17, 15) is 4.79 Å². The highest BCUT2D eigenvalue weighted by Crippen LogP contribution is 2.12. The summed E-state index contributed by atoms with van der Waals surface area (Å²) in [5, 5.41) is 2.98. The molecule has 1 atom stereocenters. The highest BCUT2D eigenvalue weighted by Gasteiger charge is 2.20. The SMILES string of the molecule is CCC(NC(=O)N1CCOCC1)c1ncc[nH]1. The molecule has 0 spiro atoms. The lowest BCUT2D eigenvalue weighted by atomic mass is 10.2. The van der Waals surface area contributed by atoms with Gasteiger partial charge in [0.1, 0.15) is 5.82 Å². The van der Waals surface area contributed by atoms with Gasteiger partial charge in [-0.25, -0.2) is 9.78 Å². The zero-order valence-corrected chi connectivity index (χ0v) is 9.98. The Labute approximate surface area is 100 Å². The summed E-state index contributed by atoms with van der Waals surface area (Å²) in [5.74, 6) is 0.800. The van der Waals surface area contributed by atoms with Crippen molar-refractivity contribution in [3.05, 3.63) is 18.2 Å². The fourth-order valence-electron chi connectivity index (χ4n) is 1.84. The predicted octanol–water partition coefficient (Wildman–Crippen LogP) is 0.903. The number of urea groups is 1. The molecule has 2 amide bonds. The first-order valence-corrected chi connectivity index (χ1v) is 5.93. The smallest absolute Gasteiger partial charge is 0.318 e. The van der Waals surface area contributed by atoms with E-state index in [1.54, 1.807) is 17.3 Å². The summed E-state index contributed by atoms with van der Waals surface area (Å²) in [6, 6.07) is -0.100. The van der Waals surface area contributed by atoms with Crippen LogP contribution in [0, 0.1) is 0 Å². The predicted molar refractivity (Wildman–Crippen MR) is 62.5 cm³/mol. The van der Waals surface area contributed by atoms with Gasteiger partial charge in [0.05, 0.1) is 19.3 Å². The van der Waals surface area contributed by atoms with E-state index >= 15 is 0 Å². The van der Waals surface area contributed by atoms with E-state index in [0.717, 1.165) is 12.2 Å². The quantitative estimate of drug-likeness (QED) is 0.822. The lowest BCUT2D eigenvalue weighted by molar-refractivity contribution is 0.0524. The van der Waals surface area contributed by atoms with Crippen LogP contribution in [0.3, 0.4) is 0 Å². The number of nitrogens with zero attached hydrogens (tertiary/aromatic N) is 2. The van der Waals surface area contributed by atoms with Gasteiger partial charge < -0.3 is 19.9 Å². The Bertz CT molecular complexity index is 346. The Morgan fingerprint density at radius 2 is 2.41 bits per heavy atom. The highest BCUT2D eigenvalue weighted by atomic mass is 16.5. The highest BCUT2D eigenvalue weighted by molar-refractivity contribution is 5.74. The van der Waals surface area contributed by atoms with Crippen LogP contribution in [0.4, 0.5) is 4.79 Å². The summed E-state index contributed by atoms with van der Waals surface area (Å²) in [5.41, 5.74) is 0. The number of H-pyrrole nitrogens is 1. The zero-order valence-electron chi connectivity index (χ0n) is 9.98. The number of aromatic amines is 1. The summed E-state index contributed by atoms with van der Waals surface area (Å²) >= 11 is 0. The second-order valence-electron chi connectivity index (χ2n) is 3.98. The monoisotopic (exact) mass is 238 g/mol. The molecule has 17 heavy (non-hydrogen) atoms. The molecule has 2 N–H and O–H groups in total. The van der Waals surface area contributed by atoms with Crippen molar-refractivity contribution in [1.29, 1.82) is 0 Å². The number of nitrogens with one attached hydrogen (secondary N) is 2. The van der Waals surface area contributed by atoms with Gasteiger partial charge in [0.25, 0.3) is 0 Å². The Kier molecular flexibility index (Phi) is 3.98. The number of hydrogen-bond donors (Lipinski definition) is 2. The van der Waals surface area contributed by atoms with Gasteiger partial charge in [-0.3, -0.25) is 0 Å². The topological polar surface area (TPSA) is 70.2 Å². The number of rotatable bonds is 3. The molecule has 2 rings (SSSR count). The molecule has 6 nitrogen and oxygen atoms in total. The fourth-order valence-corrected chi connectivity index (χ4v) is 1.84. The Morgan fingerprint density at radius 1 is 1.65 bits per heavy atom. The van der Waals surface area contributed by atoms with Gasteiger partial charge in [0.15, 0.2) is 0 Å². The summed E-state index contributed by atoms with van der Waals surface area (Å²) < 4.78 is 5.21. The molecule has 0 aromatic carbocycles. The Morgan fingerprint density at radius 3 is 3.00 bits per heavy atom. The molecule has 1 aromatic heterocycles. The van der Waals surface area contributed by atoms with Crippen molar-refractivity contribution >= 4 is 6.03 Å². The van der Waals surface area contributed by atoms with E-state index in [-0.39, 0.29) is 12.1 Å². The maximum Gasteiger partial charge on any atom is 0.318 e. The van der Waals surface area contributed by atoms with Crippen LogP contribution in [0.25, 0.3) is 0 Å². The molecule has 0 radical (unpaired) electrons. The summed E-state index contributed by atoms with van der Waals surface area (Å²) in [7, 11) is 0. The van der Waals surface area contributed by atoms with E-state index in [1.165, 1.54) is 0 Å². The lowest BCUT2D eigenvalue weighted by Gasteiger charge is -2.28. The van der Waals surface area contributed by atoms with Crippen LogP contribution < -0.4 is 5.32 Å². The first-order valence-electron chi connectivity index (χ1n) is 5.93. The van der Waals surface area contributed by atoms with Gasteiger partial charge in [0, 0.05) is 25.5 Å². The Hall–Kier alpha value is -1.56. The molecule has 1 aromatic rings. The zero-order chi connectivity index (χ0) is 12.1. The van der Waals surface area contributed by atoms with E-state index in [4.69, 9.17) is 4.74 Å². The number of amides is 2. The molecular formula is C11H18N4O2. The first-order chi connectivity index (χ1) is 8.31. The maximum absolute atomic E-state index is 12.0. The van der Waals surface area contributed by atoms with Crippen LogP contribution in [0.15, 0.2) is 12.4 Å². The second-order valence-corrected chi connectivity index (χ2v) is 3.98. The van der Waals surface area contributed by atoms with E-state index in [1.807, 2.05) is 6.92 Å². The lowest BCUT2D eigenvalue weighted by Crippen LogP contribution is -2.47. The van der Waals surface area contributed by atoms with E-state index in [2.05, 4.69) is 15.3 Å². The van der Waals surface area contributed by atoms with Crippen LogP contribution in [-0.4, -0.2) is 47.2 Å². The van der Waals surface area contributed by atoms with Crippen LogP contribution in [0.5, 0.6) is 0 Å². The molecule has 2 heterocycles. The van der Waals surface area contributed by atoms with Crippen molar-refractivity contribution < 1.29 is 9.53 Å². The summed E-state index contributed by atoms with van der Waals surface area (Å²) in [6.07, 6.45) is 4.27. The number of aromatic nitrogens is 2. The molecule has 0 bridgehead atoms. The van der Waals surface area contributed by atoms with Gasteiger partial charge in [-0.05, 0) is 6.42 Å². The molecule has 1 saturated heterocycles. The second kappa shape index (κ2) is 5.67. The van der Waals surface area contributed by atoms with Gasteiger partial charge >= 0.3 is 6.03 Å². The molecule has 0 saturated carbocycles. The number of carbonyl (C=O) groups excluding carboxylic acids is 1. The van der Waals surface area contributed by atoms with Crippen molar-refractivity contribution in [3.8, 4) is 0 Å². The molecular weight excluding hydrogens is 220 g/mol. The normalized spacial score (nSPS) is 17.8. The van der Waals surface area contributed by atoms with Crippen molar-refractivity contribution in [2.75, 3.05) is 26.3 Å². The molecule has 1 fully saturated rings. The Balaban J connectivity index is 1.92. The van der Waals surface area contributed by atoms with Crippen LogP contribution in [0.2, 0.25) is 0 Å². The van der Waals surface area contributed by atoms with Crippen molar-refractivity contribution in [3.63, 3.8) is 0 Å². The minimum absolute atomic E-state index is 0.0449. The average molecular weight is 238 g/mol. The van der Waals surface area contributed by atoms with Crippen molar-refractivity contribution in [2.24, 2.45) is 0 Å². The maximum atomic E-state index is 12.0. The number of morpholine rings is 1. The summed E-state index contributed by atoms with van der Waals surface area (Å²) in [4.78, 5) is 21.0. The average Bonchev–Trinajstić information content (AvgIpc) is 2.90. The van der Waals surface area contributed by atoms with E-state index in [0.29, 0.717) is 26.3 Å². The van der Waals surface area contributed by atoms with Gasteiger partial charge in [-0.15, -0.1) is 0 Å². The molecule has 6 heteroatoms. The number of hydrogen-bond acceptors (Lipinski definition) is 3. The third kappa shape index (κ3) is 2.97. The van der Waals surface area contributed by atoms with Gasteiger partial charge in [0.2, 0.25) is 0 Å². The van der Waals surface area contributed by atoms with Crippen LogP contribution >= 0.6 is 0 Å². The molecule has 1 unspecified atom stereocenters. The number of ether oxygens (including phenoxy) is 1. The van der Waals surface area contributed by atoms with Crippen molar-refractivity contribution in [2.45, 2.75) is 19.4 Å². The van der Waals surface area contributed by atoms with E-state index < -0.39 is 0 Å². The van der Waals surface area contributed by atoms with Crippen LogP contribution in [0.1, 0.15) is 25.2 Å². The molecule has 1 aliphatic heterocycles. The fraction of sp³-hybridized carbons (Fsp3) is 0.636. The summed E-state index contributed by atoms with van der Waals surface area (Å²) in [6.45, 7) is 4.56. The molecule has 0 aliphatic carbocycles. The van der Waals surface area contributed by atoms with Gasteiger partial charge in [-0.1, -0.05) is 6.92 Å². The third-order valence-electron chi connectivity index (χ3n) is 2.85. The van der Waals surface area contributed by atoms with Crippen LogP contribution in [-0.2, 0) is 4.74 Å². The molecule has 1 aliphatic rings. The van der Waals surface area contributed by atoms with Crippen molar-refractivity contribution in [1.82, 2.24) is 20.2 Å². The minimum atomic E-state index is -0.0552. The van der Waals surface area contributed by atoms with Gasteiger partial charge in [-0.2, -0.15) is 0 Å². The molecule has 94 valence electrons. The minimum Gasteiger partial charge on any atom is -0.378 e. The largest absolute Gasteiger partial charge is 0.378 e. The standard InChI is InChI=1S/C11H18N4O2/c1-2-9(10-12-3-4-13-10)14-11(16)15-5-7-17-8-6-15/h3-4,9H,2,5-8H2,1H3,(H,12,13)(H,14,16). The third-order valence-corrected chi connectivity index (χ3v) is 2.85. The number of imidazole rings is 1. The first kappa shape index (κ1) is 11.9.